The van der Waals surface area contributed by atoms with Crippen LogP contribution in [0, 0.1) is 11.2 Å². The molecule has 1 saturated carbocycles. The minimum atomic E-state index is -3.40. The first kappa shape index (κ1) is 20.4. The number of hydrogen-bond donors (Lipinski definition) is 0. The van der Waals surface area contributed by atoms with E-state index in [1.807, 2.05) is 0 Å². The summed E-state index contributed by atoms with van der Waals surface area (Å²) in [6.07, 6.45) is 4.33. The van der Waals surface area contributed by atoms with Crippen LogP contribution >= 0.6 is 0 Å². The van der Waals surface area contributed by atoms with Gasteiger partial charge in [-0.25, -0.2) is 4.39 Å². The zero-order chi connectivity index (χ0) is 20.6. The fraction of sp³-hybridized carbons (Fsp3) is 0.600. The zero-order valence-electron chi connectivity index (χ0n) is 16.8. The molecule has 1 atom stereocenters. The number of unbranched alkanes of at least 4 members (excludes halogenated alkanes) is 1. The van der Waals surface area contributed by atoms with E-state index in [0.717, 1.165) is 32.1 Å². The molecule has 7 nitrogen and oxygen atoms in total. The number of rotatable bonds is 7. The number of nitrogens with zero attached hydrogens (tertiary/aromatic N) is 4. The Balaban J connectivity index is 1.39. The standard InChI is InChI=1S/C20H27FN4O3S/c1-3-4-10-24(2)29(26,27)25-11-8-20(9-12-25)14-17(20)19-23-22-18(28-19)15-6-5-7-16(21)13-15/h5-7,13,17H,3-4,8-12,14H2,1-2H3. The monoisotopic (exact) mass is 422 g/mol. The van der Waals surface area contributed by atoms with Crippen LogP contribution in [-0.4, -0.2) is 53.9 Å². The van der Waals surface area contributed by atoms with Gasteiger partial charge < -0.3 is 4.42 Å². The Morgan fingerprint density at radius 1 is 1.31 bits per heavy atom. The fourth-order valence-corrected chi connectivity index (χ4v) is 5.62. The molecule has 1 aliphatic carbocycles. The van der Waals surface area contributed by atoms with Gasteiger partial charge in [0.1, 0.15) is 5.82 Å². The Kier molecular flexibility index (Phi) is 5.48. The summed E-state index contributed by atoms with van der Waals surface area (Å²) in [5.74, 6) is 0.697. The van der Waals surface area contributed by atoms with Crippen LogP contribution in [0.15, 0.2) is 28.7 Å². The Bertz CT molecular complexity index is 970. The fourth-order valence-electron chi connectivity index (χ4n) is 4.22. The van der Waals surface area contributed by atoms with Crippen molar-refractivity contribution in [2.24, 2.45) is 5.41 Å². The molecule has 0 N–H and O–H groups in total. The van der Waals surface area contributed by atoms with Crippen molar-refractivity contribution in [3.8, 4) is 11.5 Å². The molecule has 2 aromatic rings. The second-order valence-corrected chi connectivity index (χ2v) is 10.2. The maximum absolute atomic E-state index is 13.4. The molecule has 9 heteroatoms. The lowest BCUT2D eigenvalue weighted by molar-refractivity contribution is 0.234. The molecule has 1 aliphatic heterocycles. The molecule has 1 saturated heterocycles. The average Bonchev–Trinajstić information content (AvgIpc) is 3.17. The van der Waals surface area contributed by atoms with Crippen molar-refractivity contribution in [2.45, 2.75) is 44.9 Å². The summed E-state index contributed by atoms with van der Waals surface area (Å²) in [6, 6.07) is 6.10. The van der Waals surface area contributed by atoms with Gasteiger partial charge in [-0.05, 0) is 49.3 Å². The summed E-state index contributed by atoms with van der Waals surface area (Å²) in [4.78, 5) is 0. The van der Waals surface area contributed by atoms with Crippen molar-refractivity contribution in [1.82, 2.24) is 18.8 Å². The van der Waals surface area contributed by atoms with E-state index in [4.69, 9.17) is 4.42 Å². The molecule has 158 valence electrons. The van der Waals surface area contributed by atoms with Gasteiger partial charge in [0.15, 0.2) is 0 Å². The van der Waals surface area contributed by atoms with E-state index in [-0.39, 0.29) is 17.2 Å². The molecule has 0 bridgehead atoms. The van der Waals surface area contributed by atoms with Crippen molar-refractivity contribution in [2.75, 3.05) is 26.7 Å². The molecule has 2 aliphatic rings. The van der Waals surface area contributed by atoms with Crippen LogP contribution in [0.25, 0.3) is 11.5 Å². The van der Waals surface area contributed by atoms with Crippen LogP contribution in [0.2, 0.25) is 0 Å². The summed E-state index contributed by atoms with van der Waals surface area (Å²) >= 11 is 0. The van der Waals surface area contributed by atoms with E-state index in [0.29, 0.717) is 37.0 Å². The van der Waals surface area contributed by atoms with Crippen LogP contribution in [0.5, 0.6) is 0 Å². The van der Waals surface area contributed by atoms with Crippen LogP contribution in [-0.2, 0) is 10.2 Å². The third-order valence-electron chi connectivity index (χ3n) is 6.26. The number of benzene rings is 1. The van der Waals surface area contributed by atoms with Crippen molar-refractivity contribution in [1.29, 1.82) is 0 Å². The second kappa shape index (κ2) is 7.77. The van der Waals surface area contributed by atoms with E-state index in [2.05, 4.69) is 17.1 Å². The summed E-state index contributed by atoms with van der Waals surface area (Å²) in [5, 5.41) is 8.26. The lowest BCUT2D eigenvalue weighted by Gasteiger charge is -2.34. The summed E-state index contributed by atoms with van der Waals surface area (Å²) < 4.78 is 47.8. The molecule has 4 rings (SSSR count). The molecule has 0 amide bonds. The summed E-state index contributed by atoms with van der Waals surface area (Å²) in [5.41, 5.74) is 0.606. The Morgan fingerprint density at radius 2 is 2.07 bits per heavy atom. The molecule has 29 heavy (non-hydrogen) atoms. The number of hydrogen-bond acceptors (Lipinski definition) is 5. The van der Waals surface area contributed by atoms with Gasteiger partial charge in [0.25, 0.3) is 10.2 Å². The van der Waals surface area contributed by atoms with Crippen LogP contribution in [0.3, 0.4) is 0 Å². The Morgan fingerprint density at radius 3 is 2.76 bits per heavy atom. The third kappa shape index (κ3) is 3.95. The molecular formula is C20H27FN4O3S. The van der Waals surface area contributed by atoms with Gasteiger partial charge in [0, 0.05) is 38.2 Å². The molecule has 1 spiro atoms. The highest BCUT2D eigenvalue weighted by atomic mass is 32.2. The van der Waals surface area contributed by atoms with Crippen molar-refractivity contribution < 1.29 is 17.2 Å². The van der Waals surface area contributed by atoms with Gasteiger partial charge in [-0.1, -0.05) is 19.4 Å². The highest BCUT2D eigenvalue weighted by Crippen LogP contribution is 2.64. The number of halogens is 1. The topological polar surface area (TPSA) is 79.5 Å². The van der Waals surface area contributed by atoms with Crippen molar-refractivity contribution in [3.63, 3.8) is 0 Å². The normalized spacial score (nSPS) is 21.7. The highest BCUT2D eigenvalue weighted by molar-refractivity contribution is 7.86. The lowest BCUT2D eigenvalue weighted by Crippen LogP contribution is -2.46. The quantitative estimate of drug-likeness (QED) is 0.683. The van der Waals surface area contributed by atoms with E-state index in [1.165, 1.54) is 16.4 Å². The van der Waals surface area contributed by atoms with E-state index < -0.39 is 10.2 Å². The third-order valence-corrected chi connectivity index (χ3v) is 8.25. The number of aromatic nitrogens is 2. The van der Waals surface area contributed by atoms with Crippen molar-refractivity contribution >= 4 is 10.2 Å². The highest BCUT2D eigenvalue weighted by Gasteiger charge is 2.59. The minimum Gasteiger partial charge on any atom is -0.420 e. The summed E-state index contributed by atoms with van der Waals surface area (Å²) in [6.45, 7) is 3.63. The van der Waals surface area contributed by atoms with E-state index >= 15 is 0 Å². The summed E-state index contributed by atoms with van der Waals surface area (Å²) in [7, 11) is -1.74. The molecule has 2 fully saturated rings. The minimum absolute atomic E-state index is 0.0414. The van der Waals surface area contributed by atoms with E-state index in [9.17, 15) is 12.8 Å². The smallest absolute Gasteiger partial charge is 0.281 e. The van der Waals surface area contributed by atoms with Gasteiger partial charge in [0.05, 0.1) is 0 Å². The molecular weight excluding hydrogens is 395 g/mol. The van der Waals surface area contributed by atoms with Crippen LogP contribution in [0.4, 0.5) is 4.39 Å². The van der Waals surface area contributed by atoms with Crippen molar-refractivity contribution in [3.05, 3.63) is 36.0 Å². The lowest BCUT2D eigenvalue weighted by atomic mass is 9.92. The molecule has 1 unspecified atom stereocenters. The van der Waals surface area contributed by atoms with Crippen LogP contribution < -0.4 is 0 Å². The van der Waals surface area contributed by atoms with Crippen LogP contribution in [0.1, 0.15) is 50.8 Å². The first-order chi connectivity index (χ1) is 13.9. The maximum Gasteiger partial charge on any atom is 0.281 e. The van der Waals surface area contributed by atoms with Gasteiger partial charge in [-0.3, -0.25) is 0 Å². The number of piperidine rings is 1. The average molecular weight is 423 g/mol. The first-order valence-corrected chi connectivity index (χ1v) is 11.6. The second-order valence-electron chi connectivity index (χ2n) is 8.16. The van der Waals surface area contributed by atoms with E-state index in [1.54, 1.807) is 23.5 Å². The molecule has 1 aromatic heterocycles. The predicted octanol–water partition coefficient (Wildman–Crippen LogP) is 3.42. The van der Waals surface area contributed by atoms with Gasteiger partial charge >= 0.3 is 0 Å². The predicted molar refractivity (Wildman–Crippen MR) is 107 cm³/mol. The Hall–Kier alpha value is -1.84. The molecule has 1 aromatic carbocycles. The largest absolute Gasteiger partial charge is 0.420 e. The SMILES string of the molecule is CCCCN(C)S(=O)(=O)N1CCC2(CC1)CC2c1nnc(-c2cccc(F)c2)o1. The van der Waals surface area contributed by atoms with Gasteiger partial charge in [-0.2, -0.15) is 17.0 Å². The van der Waals surface area contributed by atoms with Gasteiger partial charge in [0.2, 0.25) is 11.8 Å². The maximum atomic E-state index is 13.4. The van der Waals surface area contributed by atoms with Gasteiger partial charge in [-0.15, -0.1) is 10.2 Å². The Labute approximate surface area is 171 Å². The zero-order valence-corrected chi connectivity index (χ0v) is 17.7. The molecule has 2 heterocycles. The molecule has 0 radical (unpaired) electrons. The first-order valence-electron chi connectivity index (χ1n) is 10.2.